The van der Waals surface area contributed by atoms with Crippen molar-refractivity contribution in [2.45, 2.75) is 31.4 Å². The highest BCUT2D eigenvalue weighted by Crippen LogP contribution is 2.47. The zero-order chi connectivity index (χ0) is 30.1. The molecule has 220 valence electrons. The summed E-state index contributed by atoms with van der Waals surface area (Å²) in [6.45, 7) is 0.160. The molecule has 3 N–H and O–H groups in total. The van der Waals surface area contributed by atoms with E-state index in [1.54, 1.807) is 37.6 Å². The van der Waals surface area contributed by atoms with Gasteiger partial charge in [-0.1, -0.05) is 6.07 Å². The van der Waals surface area contributed by atoms with E-state index in [2.05, 4.69) is 15.6 Å². The second-order valence-corrected chi connectivity index (χ2v) is 10.7. The molecule has 0 bridgehead atoms. The van der Waals surface area contributed by atoms with Gasteiger partial charge in [0.1, 0.15) is 28.8 Å². The first-order valence-corrected chi connectivity index (χ1v) is 13.8. The van der Waals surface area contributed by atoms with Crippen LogP contribution in [-0.2, 0) is 9.59 Å². The molecule has 2 atom stereocenters. The van der Waals surface area contributed by atoms with Gasteiger partial charge < -0.3 is 25.2 Å². The van der Waals surface area contributed by atoms with E-state index in [4.69, 9.17) is 9.47 Å². The van der Waals surface area contributed by atoms with Crippen molar-refractivity contribution in [1.82, 2.24) is 9.88 Å². The van der Waals surface area contributed by atoms with Crippen LogP contribution < -0.4 is 20.1 Å². The Balaban J connectivity index is 1.11. The van der Waals surface area contributed by atoms with E-state index in [-0.39, 0.29) is 6.54 Å². The molecule has 1 saturated heterocycles. The minimum atomic E-state index is -1.18. The summed E-state index contributed by atoms with van der Waals surface area (Å²) in [6.07, 6.45) is 1.44. The number of hydrogen-bond acceptors (Lipinski definition) is 6. The molecule has 10 nitrogen and oxygen atoms in total. The standard InChI is InChI=1S/C32H29FN4O6/c1-42-28-15-19-3-2-14-34-26(19)17-25(28)27-16-24(18-37(27)31(40)41)43-23-10-8-22(9-11-23)36-30(39)32(12-13-32)29(38)35-21-6-4-20(33)5-7-21/h2-11,14-15,17,24,27H,12-13,16,18H2,1H3,(H,35,38)(H,36,39)(H,40,41). The third kappa shape index (κ3) is 5.66. The molecule has 1 aromatic heterocycles. The van der Waals surface area contributed by atoms with Crippen molar-refractivity contribution >= 4 is 40.2 Å². The van der Waals surface area contributed by atoms with E-state index in [0.29, 0.717) is 42.1 Å². The number of fused-ring (bicyclic) bond motifs is 1. The normalized spacial score (nSPS) is 18.6. The van der Waals surface area contributed by atoms with Crippen molar-refractivity contribution in [3.05, 3.63) is 90.4 Å². The number of aromatic nitrogens is 1. The quantitative estimate of drug-likeness (QED) is 0.230. The van der Waals surface area contributed by atoms with Crippen LogP contribution in [0.3, 0.4) is 0 Å². The molecule has 3 aromatic carbocycles. The number of likely N-dealkylation sites (tertiary alicyclic amines) is 1. The van der Waals surface area contributed by atoms with Gasteiger partial charge in [0.25, 0.3) is 0 Å². The maximum absolute atomic E-state index is 13.2. The van der Waals surface area contributed by atoms with Gasteiger partial charge in [0, 0.05) is 34.9 Å². The Morgan fingerprint density at radius 3 is 2.23 bits per heavy atom. The fraction of sp³-hybridized carbons (Fsp3) is 0.250. The van der Waals surface area contributed by atoms with Crippen LogP contribution in [0.2, 0.25) is 0 Å². The monoisotopic (exact) mass is 584 g/mol. The average Bonchev–Trinajstić information content (AvgIpc) is 3.73. The molecule has 4 aromatic rings. The Morgan fingerprint density at radius 2 is 1.63 bits per heavy atom. The zero-order valence-electron chi connectivity index (χ0n) is 23.2. The van der Waals surface area contributed by atoms with Gasteiger partial charge in [-0.3, -0.25) is 19.5 Å². The molecule has 1 saturated carbocycles. The number of carbonyl (C=O) groups excluding carboxylic acids is 2. The van der Waals surface area contributed by atoms with E-state index in [1.165, 1.54) is 29.2 Å². The Bertz CT molecular complexity index is 1690. The smallest absolute Gasteiger partial charge is 0.407 e. The number of amides is 3. The van der Waals surface area contributed by atoms with Crippen LogP contribution in [0.5, 0.6) is 11.5 Å². The average molecular weight is 585 g/mol. The predicted molar refractivity (Wildman–Crippen MR) is 157 cm³/mol. The Morgan fingerprint density at radius 1 is 0.977 bits per heavy atom. The predicted octanol–water partition coefficient (Wildman–Crippen LogP) is 5.61. The summed E-state index contributed by atoms with van der Waals surface area (Å²) in [5.74, 6) is -0.183. The van der Waals surface area contributed by atoms with Crippen LogP contribution in [0.4, 0.5) is 20.6 Å². The van der Waals surface area contributed by atoms with Gasteiger partial charge in [0.15, 0.2) is 0 Å². The third-order valence-corrected chi connectivity index (χ3v) is 7.96. The summed E-state index contributed by atoms with van der Waals surface area (Å²) in [7, 11) is 1.55. The lowest BCUT2D eigenvalue weighted by atomic mass is 10.0. The highest BCUT2D eigenvalue weighted by molar-refractivity contribution is 6.16. The molecule has 0 radical (unpaired) electrons. The van der Waals surface area contributed by atoms with Crippen molar-refractivity contribution < 1.29 is 33.4 Å². The van der Waals surface area contributed by atoms with E-state index >= 15 is 0 Å². The lowest BCUT2D eigenvalue weighted by molar-refractivity contribution is -0.131. The number of methoxy groups -OCH3 is 1. The van der Waals surface area contributed by atoms with Crippen molar-refractivity contribution in [3.8, 4) is 11.5 Å². The van der Waals surface area contributed by atoms with Crippen LogP contribution in [0.25, 0.3) is 10.9 Å². The third-order valence-electron chi connectivity index (χ3n) is 7.96. The fourth-order valence-corrected chi connectivity index (χ4v) is 5.47. The number of nitrogens with zero attached hydrogens (tertiary/aromatic N) is 2. The number of rotatable bonds is 8. The Hall–Kier alpha value is -5.19. The van der Waals surface area contributed by atoms with Gasteiger partial charge in [-0.2, -0.15) is 0 Å². The second kappa shape index (κ2) is 11.2. The van der Waals surface area contributed by atoms with Gasteiger partial charge in [-0.15, -0.1) is 0 Å². The highest BCUT2D eigenvalue weighted by atomic mass is 19.1. The topological polar surface area (TPSA) is 130 Å². The SMILES string of the molecule is COc1cc2cccnc2cc1C1CC(Oc2ccc(NC(=O)C3(C(=O)Nc4ccc(F)cc4)CC3)cc2)CN1C(=O)O. The first-order chi connectivity index (χ1) is 20.8. The Labute approximate surface area is 246 Å². The van der Waals surface area contributed by atoms with Gasteiger partial charge >= 0.3 is 6.09 Å². The number of nitrogens with one attached hydrogen (secondary N) is 2. The van der Waals surface area contributed by atoms with E-state index in [9.17, 15) is 23.9 Å². The number of hydrogen-bond donors (Lipinski definition) is 3. The summed E-state index contributed by atoms with van der Waals surface area (Å²) in [5.41, 5.74) is 1.19. The molecule has 3 amide bonds. The lowest BCUT2D eigenvalue weighted by Crippen LogP contribution is -2.35. The molecule has 0 spiro atoms. The highest BCUT2D eigenvalue weighted by Gasteiger charge is 2.56. The summed E-state index contributed by atoms with van der Waals surface area (Å²) >= 11 is 0. The van der Waals surface area contributed by atoms with E-state index in [0.717, 1.165) is 16.5 Å². The van der Waals surface area contributed by atoms with Crippen molar-refractivity contribution in [3.63, 3.8) is 0 Å². The van der Waals surface area contributed by atoms with Gasteiger partial charge in [-0.05, 0) is 79.6 Å². The van der Waals surface area contributed by atoms with Crippen LogP contribution in [-0.4, -0.2) is 52.7 Å². The maximum atomic E-state index is 13.2. The molecule has 2 fully saturated rings. The minimum absolute atomic E-state index is 0.160. The van der Waals surface area contributed by atoms with Crippen LogP contribution >= 0.6 is 0 Å². The van der Waals surface area contributed by atoms with Gasteiger partial charge in [-0.25, -0.2) is 9.18 Å². The number of carboxylic acid groups (broad SMARTS) is 1. The number of benzene rings is 3. The number of carbonyl (C=O) groups is 3. The number of ether oxygens (including phenoxy) is 2. The molecule has 43 heavy (non-hydrogen) atoms. The van der Waals surface area contributed by atoms with Gasteiger partial charge in [0.05, 0.1) is 25.2 Å². The largest absolute Gasteiger partial charge is 0.496 e. The summed E-state index contributed by atoms with van der Waals surface area (Å²) in [5, 5.41) is 16.3. The number of halogens is 1. The minimum Gasteiger partial charge on any atom is -0.496 e. The van der Waals surface area contributed by atoms with Crippen LogP contribution in [0.15, 0.2) is 79.0 Å². The lowest BCUT2D eigenvalue weighted by Gasteiger charge is -2.23. The molecular formula is C32H29FN4O6. The molecule has 1 aliphatic carbocycles. The van der Waals surface area contributed by atoms with E-state index in [1.807, 2.05) is 24.3 Å². The first-order valence-electron chi connectivity index (χ1n) is 13.8. The van der Waals surface area contributed by atoms with Crippen molar-refractivity contribution in [2.24, 2.45) is 5.41 Å². The summed E-state index contributed by atoms with van der Waals surface area (Å²) in [6, 6.07) is 19.1. The van der Waals surface area contributed by atoms with Crippen LogP contribution in [0, 0.1) is 11.2 Å². The number of anilines is 2. The molecule has 2 unspecified atom stereocenters. The van der Waals surface area contributed by atoms with E-state index < -0.39 is 41.3 Å². The molecule has 11 heteroatoms. The van der Waals surface area contributed by atoms with Gasteiger partial charge in [0.2, 0.25) is 11.8 Å². The van der Waals surface area contributed by atoms with Crippen LogP contribution in [0.1, 0.15) is 30.9 Å². The van der Waals surface area contributed by atoms with Crippen molar-refractivity contribution in [1.29, 1.82) is 0 Å². The molecular weight excluding hydrogens is 555 g/mol. The molecule has 6 rings (SSSR count). The summed E-state index contributed by atoms with van der Waals surface area (Å²) in [4.78, 5) is 43.8. The molecule has 2 heterocycles. The summed E-state index contributed by atoms with van der Waals surface area (Å²) < 4.78 is 24.9. The zero-order valence-corrected chi connectivity index (χ0v) is 23.2. The maximum Gasteiger partial charge on any atom is 0.407 e. The Kier molecular flexibility index (Phi) is 7.31. The second-order valence-electron chi connectivity index (χ2n) is 10.7. The van der Waals surface area contributed by atoms with Crippen molar-refractivity contribution in [2.75, 3.05) is 24.3 Å². The fourth-order valence-electron chi connectivity index (χ4n) is 5.47. The first kappa shape index (κ1) is 28.0. The molecule has 1 aliphatic heterocycles. The molecule has 2 aliphatic rings. The number of pyridine rings is 1.